The molecular weight excluding hydrogens is 354 g/mol. The average molecular weight is 383 g/mol. The number of aromatic nitrogens is 1. The van der Waals surface area contributed by atoms with E-state index in [0.717, 1.165) is 13.0 Å². The van der Waals surface area contributed by atoms with Gasteiger partial charge in [-0.05, 0) is 37.8 Å². The number of likely N-dealkylation sites (tertiary alicyclic amines) is 1. The summed E-state index contributed by atoms with van der Waals surface area (Å²) < 4.78 is 34.1. The second-order valence-corrected chi connectivity index (χ2v) is 8.83. The van der Waals surface area contributed by atoms with Crippen LogP contribution in [0.15, 0.2) is 32.3 Å². The van der Waals surface area contributed by atoms with Gasteiger partial charge in [0, 0.05) is 26.1 Å². The molecule has 1 unspecified atom stereocenters. The summed E-state index contributed by atoms with van der Waals surface area (Å²) in [6, 6.07) is 5.21. The fourth-order valence-corrected chi connectivity index (χ4v) is 4.95. The van der Waals surface area contributed by atoms with Crippen molar-refractivity contribution in [2.45, 2.75) is 50.0 Å². The first-order chi connectivity index (χ1) is 12.4. The number of piperidine rings is 1. The van der Waals surface area contributed by atoms with Crippen LogP contribution in [0.3, 0.4) is 0 Å². The van der Waals surface area contributed by atoms with Gasteiger partial charge in [0.25, 0.3) is 0 Å². The standard InChI is InChI=1S/C18H27N3O4S/c1-3-14-7-4-5-11-21(14)12-6-10-19-26(23,24)15-8-9-16-17(13-15)25-18(22)20(16)2/h8-9,13-14,19H,3-7,10-12H2,1-2H3/p+1/t14-/m1/s1. The monoisotopic (exact) mass is 382 g/mol. The van der Waals surface area contributed by atoms with Gasteiger partial charge in [-0.1, -0.05) is 6.92 Å². The predicted octanol–water partition coefficient (Wildman–Crippen LogP) is 0.647. The number of benzene rings is 1. The first kappa shape index (κ1) is 19.1. The zero-order valence-corrected chi connectivity index (χ0v) is 16.3. The molecule has 0 bridgehead atoms. The molecule has 2 N–H and O–H groups in total. The third-order valence-electron chi connectivity index (χ3n) is 5.41. The Bertz CT molecular complexity index is 916. The van der Waals surface area contributed by atoms with Gasteiger partial charge in [0.15, 0.2) is 5.58 Å². The lowest BCUT2D eigenvalue weighted by atomic mass is 10.00. The van der Waals surface area contributed by atoms with Crippen LogP contribution in [0.25, 0.3) is 11.1 Å². The topological polar surface area (TPSA) is 85.8 Å². The zero-order chi connectivity index (χ0) is 18.7. The Balaban J connectivity index is 1.59. The molecule has 7 nitrogen and oxygen atoms in total. The Hall–Kier alpha value is -1.64. The van der Waals surface area contributed by atoms with E-state index in [1.807, 2.05) is 0 Å². The van der Waals surface area contributed by atoms with E-state index in [0.29, 0.717) is 18.1 Å². The number of hydrogen-bond acceptors (Lipinski definition) is 4. The number of rotatable bonds is 7. The lowest BCUT2D eigenvalue weighted by molar-refractivity contribution is -0.930. The maximum atomic E-state index is 12.5. The maximum absolute atomic E-state index is 12.5. The Morgan fingerprint density at radius 2 is 2.15 bits per heavy atom. The lowest BCUT2D eigenvalue weighted by Gasteiger charge is -2.32. The molecule has 8 heteroatoms. The van der Waals surface area contributed by atoms with Crippen LogP contribution in [0.2, 0.25) is 0 Å². The van der Waals surface area contributed by atoms with Crippen molar-refractivity contribution in [2.75, 3.05) is 19.6 Å². The molecule has 0 amide bonds. The van der Waals surface area contributed by atoms with Crippen molar-refractivity contribution in [3.63, 3.8) is 0 Å². The third kappa shape index (κ3) is 4.02. The van der Waals surface area contributed by atoms with Crippen LogP contribution in [-0.2, 0) is 17.1 Å². The fourth-order valence-electron chi connectivity index (χ4n) is 3.86. The molecule has 0 saturated carbocycles. The normalized spacial score (nSPS) is 21.3. The van der Waals surface area contributed by atoms with Gasteiger partial charge in [0.1, 0.15) is 0 Å². The smallest absolute Gasteiger partial charge is 0.408 e. The molecule has 1 aliphatic heterocycles. The highest BCUT2D eigenvalue weighted by molar-refractivity contribution is 7.89. The number of nitrogens with one attached hydrogen (secondary N) is 2. The second-order valence-electron chi connectivity index (χ2n) is 7.07. The van der Waals surface area contributed by atoms with Crippen LogP contribution in [0, 0.1) is 0 Å². The number of aryl methyl sites for hydroxylation is 1. The van der Waals surface area contributed by atoms with E-state index >= 15 is 0 Å². The van der Waals surface area contributed by atoms with Crippen molar-refractivity contribution < 1.29 is 17.7 Å². The van der Waals surface area contributed by atoms with Crippen LogP contribution >= 0.6 is 0 Å². The molecule has 2 atom stereocenters. The molecule has 1 aromatic heterocycles. The van der Waals surface area contributed by atoms with Gasteiger partial charge < -0.3 is 9.32 Å². The lowest BCUT2D eigenvalue weighted by Crippen LogP contribution is -3.16. The minimum atomic E-state index is -3.61. The van der Waals surface area contributed by atoms with E-state index < -0.39 is 15.8 Å². The van der Waals surface area contributed by atoms with Gasteiger partial charge in [0.2, 0.25) is 10.0 Å². The molecule has 0 spiro atoms. The van der Waals surface area contributed by atoms with Crippen LogP contribution < -0.4 is 15.4 Å². The van der Waals surface area contributed by atoms with Gasteiger partial charge >= 0.3 is 5.76 Å². The number of oxazole rings is 1. The molecule has 144 valence electrons. The van der Waals surface area contributed by atoms with Crippen molar-refractivity contribution in [2.24, 2.45) is 7.05 Å². The quantitative estimate of drug-likeness (QED) is 0.689. The van der Waals surface area contributed by atoms with Crippen LogP contribution in [0.5, 0.6) is 0 Å². The Morgan fingerprint density at radius 3 is 2.92 bits per heavy atom. The molecular formula is C18H28N3O4S+. The predicted molar refractivity (Wildman–Crippen MR) is 99.9 cm³/mol. The van der Waals surface area contributed by atoms with Crippen molar-refractivity contribution in [1.29, 1.82) is 0 Å². The summed E-state index contributed by atoms with van der Waals surface area (Å²) in [5.41, 5.74) is 0.858. The van der Waals surface area contributed by atoms with Gasteiger partial charge in [-0.2, -0.15) is 0 Å². The van der Waals surface area contributed by atoms with Gasteiger partial charge in [-0.3, -0.25) is 4.57 Å². The molecule has 1 saturated heterocycles. The summed E-state index contributed by atoms with van der Waals surface area (Å²) in [6.45, 7) is 4.83. The molecule has 1 aliphatic rings. The highest BCUT2D eigenvalue weighted by Crippen LogP contribution is 2.17. The summed E-state index contributed by atoms with van der Waals surface area (Å²) in [5, 5.41) is 0. The second kappa shape index (κ2) is 7.94. The van der Waals surface area contributed by atoms with E-state index in [-0.39, 0.29) is 10.5 Å². The minimum Gasteiger partial charge on any atom is -0.408 e. The third-order valence-corrected chi connectivity index (χ3v) is 6.87. The zero-order valence-electron chi connectivity index (χ0n) is 15.5. The minimum absolute atomic E-state index is 0.121. The van der Waals surface area contributed by atoms with Gasteiger partial charge in [0.05, 0.1) is 29.5 Å². The number of fused-ring (bicyclic) bond motifs is 1. The molecule has 2 aromatic rings. The summed E-state index contributed by atoms with van der Waals surface area (Å²) in [4.78, 5) is 13.3. The summed E-state index contributed by atoms with van der Waals surface area (Å²) in [7, 11) is -2.02. The van der Waals surface area contributed by atoms with Crippen LogP contribution in [0.1, 0.15) is 39.0 Å². The molecule has 1 fully saturated rings. The number of nitrogens with zero attached hydrogens (tertiary/aromatic N) is 1. The number of sulfonamides is 1. The number of hydrogen-bond donors (Lipinski definition) is 2. The molecule has 2 heterocycles. The first-order valence-electron chi connectivity index (χ1n) is 9.36. The molecule has 26 heavy (non-hydrogen) atoms. The Morgan fingerprint density at radius 1 is 1.35 bits per heavy atom. The van der Waals surface area contributed by atoms with E-state index in [1.54, 1.807) is 18.0 Å². The summed E-state index contributed by atoms with van der Waals surface area (Å²) >= 11 is 0. The highest BCUT2D eigenvalue weighted by atomic mass is 32.2. The van der Waals surface area contributed by atoms with Crippen LogP contribution in [-0.4, -0.2) is 38.7 Å². The van der Waals surface area contributed by atoms with Crippen molar-refractivity contribution >= 4 is 21.1 Å². The first-order valence-corrected chi connectivity index (χ1v) is 10.8. The maximum Gasteiger partial charge on any atom is 0.419 e. The van der Waals surface area contributed by atoms with E-state index in [2.05, 4.69) is 11.6 Å². The molecule has 0 radical (unpaired) electrons. The summed E-state index contributed by atoms with van der Waals surface area (Å²) in [5.74, 6) is -0.502. The average Bonchev–Trinajstić information content (AvgIpc) is 2.92. The summed E-state index contributed by atoms with van der Waals surface area (Å²) in [6.07, 6.45) is 5.85. The van der Waals surface area contributed by atoms with Crippen molar-refractivity contribution in [3.8, 4) is 0 Å². The van der Waals surface area contributed by atoms with Gasteiger partial charge in [-0.15, -0.1) is 0 Å². The fraction of sp³-hybridized carbons (Fsp3) is 0.611. The van der Waals surface area contributed by atoms with E-state index in [9.17, 15) is 13.2 Å². The molecule has 1 aromatic carbocycles. The van der Waals surface area contributed by atoms with E-state index in [4.69, 9.17) is 4.42 Å². The highest BCUT2D eigenvalue weighted by Gasteiger charge is 2.24. The molecule has 3 rings (SSSR count). The number of quaternary nitrogens is 1. The molecule has 0 aliphatic carbocycles. The van der Waals surface area contributed by atoms with Gasteiger partial charge in [-0.25, -0.2) is 17.9 Å². The van der Waals surface area contributed by atoms with E-state index in [1.165, 1.54) is 48.9 Å². The largest absolute Gasteiger partial charge is 0.419 e. The Labute approximate surface area is 154 Å². The van der Waals surface area contributed by atoms with Crippen LogP contribution in [0.4, 0.5) is 0 Å². The van der Waals surface area contributed by atoms with Crippen molar-refractivity contribution in [3.05, 3.63) is 28.7 Å². The SMILES string of the molecule is CC[C@@H]1CCCC[NH+]1CCCNS(=O)(=O)c1ccc2c(c1)oc(=O)n2C. The Kier molecular flexibility index (Phi) is 5.84. The van der Waals surface area contributed by atoms with Crippen molar-refractivity contribution in [1.82, 2.24) is 9.29 Å².